The van der Waals surface area contributed by atoms with Crippen LogP contribution in [0.4, 0.5) is 4.79 Å². The van der Waals surface area contributed by atoms with Crippen LogP contribution in [0.2, 0.25) is 0 Å². The molecule has 4 rings (SSSR count). The topological polar surface area (TPSA) is 75.8 Å². The average Bonchev–Trinajstić information content (AvgIpc) is 3.27. The standard InChI is InChI=1S/C28H37N3O4/c1-18(2)26-22-15-19(21-7-6-12-31(17-21)13-14-35-28(32)29-3)8-10-23(22)30-27(26)20-9-11-24(33-4)25(16-20)34-5/h8-11,15-16,18,21,30H,6-7,12-14,17H2,1-5H3,(H,29,32). The van der Waals surface area contributed by atoms with Crippen molar-refractivity contribution in [1.29, 1.82) is 0 Å². The number of aromatic amines is 1. The number of piperidine rings is 1. The third kappa shape index (κ3) is 5.40. The third-order valence-corrected chi connectivity index (χ3v) is 6.93. The van der Waals surface area contributed by atoms with Gasteiger partial charge in [-0.2, -0.15) is 0 Å². The maximum Gasteiger partial charge on any atom is 0.406 e. The number of methoxy groups -OCH3 is 2. The first kappa shape index (κ1) is 24.9. The molecule has 1 aliphatic rings. The van der Waals surface area contributed by atoms with Crippen LogP contribution < -0.4 is 14.8 Å². The molecule has 1 amide bonds. The highest BCUT2D eigenvalue weighted by Gasteiger charge is 2.23. The largest absolute Gasteiger partial charge is 0.493 e. The van der Waals surface area contributed by atoms with Gasteiger partial charge in [0.2, 0.25) is 0 Å². The quantitative estimate of drug-likeness (QED) is 0.446. The van der Waals surface area contributed by atoms with E-state index in [1.165, 1.54) is 22.9 Å². The number of aromatic nitrogens is 1. The van der Waals surface area contributed by atoms with Gasteiger partial charge in [-0.1, -0.05) is 19.9 Å². The molecular formula is C28H37N3O4. The van der Waals surface area contributed by atoms with Gasteiger partial charge in [0, 0.05) is 36.6 Å². The van der Waals surface area contributed by atoms with E-state index in [2.05, 4.69) is 53.3 Å². The number of nitrogens with zero attached hydrogens (tertiary/aromatic N) is 1. The molecule has 7 heteroatoms. The highest BCUT2D eigenvalue weighted by molar-refractivity contribution is 5.92. The molecule has 0 saturated carbocycles. The Hall–Kier alpha value is -3.19. The van der Waals surface area contributed by atoms with Gasteiger partial charge in [-0.25, -0.2) is 4.79 Å². The predicted molar refractivity (Wildman–Crippen MR) is 140 cm³/mol. The minimum absolute atomic E-state index is 0.354. The number of fused-ring (bicyclic) bond motifs is 1. The number of hydrogen-bond donors (Lipinski definition) is 2. The van der Waals surface area contributed by atoms with E-state index in [-0.39, 0.29) is 6.09 Å². The zero-order valence-electron chi connectivity index (χ0n) is 21.4. The Bertz CT molecular complexity index is 1170. The minimum Gasteiger partial charge on any atom is -0.493 e. The lowest BCUT2D eigenvalue weighted by molar-refractivity contribution is 0.118. The van der Waals surface area contributed by atoms with Crippen LogP contribution in [0.3, 0.4) is 0 Å². The second-order valence-electron chi connectivity index (χ2n) is 9.47. The van der Waals surface area contributed by atoms with Gasteiger partial charge in [-0.15, -0.1) is 0 Å². The molecule has 7 nitrogen and oxygen atoms in total. The van der Waals surface area contributed by atoms with Gasteiger partial charge >= 0.3 is 6.09 Å². The summed E-state index contributed by atoms with van der Waals surface area (Å²) >= 11 is 0. The van der Waals surface area contributed by atoms with Crippen LogP contribution in [0.15, 0.2) is 36.4 Å². The summed E-state index contributed by atoms with van der Waals surface area (Å²) in [5, 5.41) is 3.78. The number of rotatable bonds is 8. The Kier molecular flexibility index (Phi) is 7.86. The smallest absolute Gasteiger partial charge is 0.406 e. The number of amides is 1. The zero-order chi connectivity index (χ0) is 24.9. The van der Waals surface area contributed by atoms with Gasteiger partial charge in [0.1, 0.15) is 6.61 Å². The van der Waals surface area contributed by atoms with Crippen molar-refractivity contribution in [2.24, 2.45) is 0 Å². The van der Waals surface area contributed by atoms with Crippen LogP contribution in [-0.4, -0.2) is 63.5 Å². The number of hydrogen-bond acceptors (Lipinski definition) is 5. The van der Waals surface area contributed by atoms with E-state index in [9.17, 15) is 4.79 Å². The summed E-state index contributed by atoms with van der Waals surface area (Å²) < 4.78 is 16.2. The second-order valence-corrected chi connectivity index (χ2v) is 9.47. The van der Waals surface area contributed by atoms with E-state index in [0.29, 0.717) is 18.4 Å². The number of carbonyl (C=O) groups is 1. The molecule has 1 fully saturated rings. The van der Waals surface area contributed by atoms with Crippen molar-refractivity contribution >= 4 is 17.0 Å². The molecule has 1 atom stereocenters. The lowest BCUT2D eigenvalue weighted by atomic mass is 9.88. The molecule has 0 spiro atoms. The third-order valence-electron chi connectivity index (χ3n) is 6.93. The highest BCUT2D eigenvalue weighted by Crippen LogP contribution is 2.40. The number of alkyl carbamates (subject to hydrolysis) is 1. The van der Waals surface area contributed by atoms with Gasteiger partial charge in [-0.3, -0.25) is 4.90 Å². The highest BCUT2D eigenvalue weighted by atomic mass is 16.5. The summed E-state index contributed by atoms with van der Waals surface area (Å²) in [6, 6.07) is 12.9. The minimum atomic E-state index is -0.372. The van der Waals surface area contributed by atoms with Crippen molar-refractivity contribution in [2.45, 2.75) is 38.5 Å². The first-order chi connectivity index (χ1) is 16.9. The summed E-state index contributed by atoms with van der Waals surface area (Å²) in [5.74, 6) is 2.27. The van der Waals surface area contributed by atoms with Crippen molar-refractivity contribution in [3.63, 3.8) is 0 Å². The van der Waals surface area contributed by atoms with Gasteiger partial charge < -0.3 is 24.5 Å². The Balaban J connectivity index is 1.61. The normalized spacial score (nSPS) is 16.5. The number of likely N-dealkylation sites (tertiary alicyclic amines) is 1. The molecular weight excluding hydrogens is 442 g/mol. The van der Waals surface area contributed by atoms with Crippen molar-refractivity contribution < 1.29 is 19.0 Å². The summed E-state index contributed by atoms with van der Waals surface area (Å²) in [6.45, 7) is 7.68. The molecule has 1 aromatic heterocycles. The van der Waals surface area contributed by atoms with Crippen molar-refractivity contribution in [3.05, 3.63) is 47.5 Å². The van der Waals surface area contributed by atoms with Crippen LogP contribution >= 0.6 is 0 Å². The Morgan fingerprint density at radius 2 is 1.94 bits per heavy atom. The lowest BCUT2D eigenvalue weighted by Gasteiger charge is -2.32. The van der Waals surface area contributed by atoms with Gasteiger partial charge in [0.25, 0.3) is 0 Å². The van der Waals surface area contributed by atoms with Gasteiger partial charge in [-0.05, 0) is 72.7 Å². The number of carbonyl (C=O) groups excluding carboxylic acids is 1. The fourth-order valence-corrected chi connectivity index (χ4v) is 5.17. The Morgan fingerprint density at radius 3 is 2.66 bits per heavy atom. The molecule has 35 heavy (non-hydrogen) atoms. The average molecular weight is 480 g/mol. The Labute approximate surface area is 207 Å². The van der Waals surface area contributed by atoms with Crippen LogP contribution in [-0.2, 0) is 4.74 Å². The number of ether oxygens (including phenoxy) is 3. The number of nitrogens with one attached hydrogen (secondary N) is 2. The summed E-state index contributed by atoms with van der Waals surface area (Å²) in [4.78, 5) is 17.4. The molecule has 0 aliphatic carbocycles. The van der Waals surface area contributed by atoms with E-state index < -0.39 is 0 Å². The van der Waals surface area contributed by atoms with Crippen LogP contribution in [0.1, 0.15) is 49.7 Å². The Morgan fingerprint density at radius 1 is 1.14 bits per heavy atom. The zero-order valence-corrected chi connectivity index (χ0v) is 21.4. The molecule has 2 aromatic carbocycles. The molecule has 2 N–H and O–H groups in total. The van der Waals surface area contributed by atoms with E-state index in [0.717, 1.165) is 54.3 Å². The van der Waals surface area contributed by atoms with Crippen LogP contribution in [0, 0.1) is 0 Å². The number of benzene rings is 2. The summed E-state index contributed by atoms with van der Waals surface area (Å²) in [7, 11) is 4.90. The van der Waals surface area contributed by atoms with E-state index >= 15 is 0 Å². The summed E-state index contributed by atoms with van der Waals surface area (Å²) in [6.07, 6.45) is 1.94. The van der Waals surface area contributed by atoms with Crippen molar-refractivity contribution in [2.75, 3.05) is 47.5 Å². The monoisotopic (exact) mass is 479 g/mol. The van der Waals surface area contributed by atoms with Crippen molar-refractivity contribution in [3.8, 4) is 22.8 Å². The summed E-state index contributed by atoms with van der Waals surface area (Å²) in [5.41, 5.74) is 6.05. The fourth-order valence-electron chi connectivity index (χ4n) is 5.17. The van der Waals surface area contributed by atoms with Crippen LogP contribution in [0.5, 0.6) is 11.5 Å². The van der Waals surface area contributed by atoms with Gasteiger partial charge in [0.05, 0.1) is 19.9 Å². The van der Waals surface area contributed by atoms with E-state index in [4.69, 9.17) is 14.2 Å². The molecule has 1 saturated heterocycles. The SMILES string of the molecule is CNC(=O)OCCN1CCCC(c2ccc3[nH]c(-c4ccc(OC)c(OC)c4)c(C(C)C)c3c2)C1. The molecule has 1 unspecified atom stereocenters. The first-order valence-corrected chi connectivity index (χ1v) is 12.4. The molecule has 2 heterocycles. The molecule has 3 aromatic rings. The van der Waals surface area contributed by atoms with Crippen LogP contribution in [0.25, 0.3) is 22.2 Å². The van der Waals surface area contributed by atoms with Gasteiger partial charge in [0.15, 0.2) is 11.5 Å². The maximum absolute atomic E-state index is 11.4. The van der Waals surface area contributed by atoms with Crippen molar-refractivity contribution in [1.82, 2.24) is 15.2 Å². The number of H-pyrrole nitrogens is 1. The maximum atomic E-state index is 11.4. The van der Waals surface area contributed by atoms with E-state index in [1.807, 2.05) is 12.1 Å². The fraction of sp³-hybridized carbons (Fsp3) is 0.464. The molecule has 188 valence electrons. The molecule has 0 radical (unpaired) electrons. The second kappa shape index (κ2) is 11.0. The predicted octanol–water partition coefficient (Wildman–Crippen LogP) is 5.51. The lowest BCUT2D eigenvalue weighted by Crippen LogP contribution is -2.37. The molecule has 0 bridgehead atoms. The molecule has 1 aliphatic heterocycles. The van der Waals surface area contributed by atoms with E-state index in [1.54, 1.807) is 21.3 Å². The first-order valence-electron chi connectivity index (χ1n) is 12.4.